The molecule has 0 radical (unpaired) electrons. The number of rotatable bonds is 6. The zero-order valence-corrected chi connectivity index (χ0v) is 21.4. The zero-order chi connectivity index (χ0) is 22.9. The van der Waals surface area contributed by atoms with Crippen LogP contribution < -0.4 is 14.0 Å². The maximum absolute atomic E-state index is 12.9. The molecule has 1 aliphatic heterocycles. The van der Waals surface area contributed by atoms with E-state index >= 15 is 0 Å². The molecule has 0 spiro atoms. The Kier molecular flexibility index (Phi) is 6.93. The highest BCUT2D eigenvalue weighted by Gasteiger charge is 2.39. The Morgan fingerprint density at radius 3 is 2.23 bits per heavy atom. The molecule has 6 nitrogen and oxygen atoms in total. The van der Waals surface area contributed by atoms with Crippen molar-refractivity contribution < 1.29 is 12.8 Å². The van der Waals surface area contributed by atoms with Gasteiger partial charge in [0.1, 0.15) is 11.6 Å². The molecule has 1 aromatic heterocycles. The lowest BCUT2D eigenvalue weighted by molar-refractivity contribution is 0.490. The minimum absolute atomic E-state index is 0.0775. The number of aromatic nitrogens is 1. The summed E-state index contributed by atoms with van der Waals surface area (Å²) in [5, 5.41) is 0.327. The van der Waals surface area contributed by atoms with E-state index in [9.17, 15) is 8.42 Å². The molecule has 1 saturated heterocycles. The summed E-state index contributed by atoms with van der Waals surface area (Å²) in [5.74, 6) is 0.994. The van der Waals surface area contributed by atoms with Crippen molar-refractivity contribution in [2.45, 2.75) is 57.0 Å². The third kappa shape index (κ3) is 5.93. The fraction of sp³-hybridized carbons (Fsp3) is 0.500. The van der Waals surface area contributed by atoms with Crippen LogP contribution in [0.4, 0.5) is 11.5 Å². The van der Waals surface area contributed by atoms with Gasteiger partial charge in [-0.05, 0) is 67.4 Å². The molecule has 3 rings (SSSR count). The minimum Gasteiger partial charge on any atom is -0.542 e. The maximum atomic E-state index is 12.9. The lowest BCUT2D eigenvalue weighted by Crippen LogP contribution is -2.43. The number of anilines is 2. The van der Waals surface area contributed by atoms with Gasteiger partial charge in [-0.3, -0.25) is 4.72 Å². The SMILES string of the molecule is CC(C)(C)[Si](C)(C)Oc1ccc(NS(=O)(=O)C2CCN(c3ccc(Cl)cc3)CC2)nc1. The number of nitrogens with zero attached hydrogens (tertiary/aromatic N) is 2. The van der Waals surface area contributed by atoms with E-state index < -0.39 is 23.6 Å². The van der Waals surface area contributed by atoms with Crippen LogP contribution in [-0.4, -0.2) is 40.1 Å². The third-order valence-corrected chi connectivity index (χ3v) is 12.7. The summed E-state index contributed by atoms with van der Waals surface area (Å²) >= 11 is 5.95. The first kappa shape index (κ1) is 23.9. The molecular formula is C22H32ClN3O3SSi. The predicted octanol–water partition coefficient (Wildman–Crippen LogP) is 5.53. The van der Waals surface area contributed by atoms with Gasteiger partial charge in [-0.15, -0.1) is 0 Å². The van der Waals surface area contributed by atoms with Gasteiger partial charge < -0.3 is 9.33 Å². The van der Waals surface area contributed by atoms with E-state index in [4.69, 9.17) is 16.0 Å². The van der Waals surface area contributed by atoms with Crippen molar-refractivity contribution in [1.29, 1.82) is 0 Å². The topological polar surface area (TPSA) is 71.5 Å². The average Bonchev–Trinajstić information content (AvgIpc) is 2.69. The fourth-order valence-corrected chi connectivity index (χ4v) is 5.81. The molecule has 0 aliphatic carbocycles. The van der Waals surface area contributed by atoms with Gasteiger partial charge >= 0.3 is 0 Å². The van der Waals surface area contributed by atoms with Crippen molar-refractivity contribution in [2.24, 2.45) is 0 Å². The van der Waals surface area contributed by atoms with E-state index in [-0.39, 0.29) is 5.04 Å². The van der Waals surface area contributed by atoms with Crippen LogP contribution in [0.5, 0.6) is 5.75 Å². The number of hydrogen-bond acceptors (Lipinski definition) is 5. The van der Waals surface area contributed by atoms with Gasteiger partial charge in [-0.25, -0.2) is 13.4 Å². The fourth-order valence-electron chi connectivity index (χ4n) is 3.25. The lowest BCUT2D eigenvalue weighted by atomic mass is 10.1. The van der Waals surface area contributed by atoms with Crippen LogP contribution in [0.15, 0.2) is 42.6 Å². The van der Waals surface area contributed by atoms with E-state index in [1.807, 2.05) is 24.3 Å². The Morgan fingerprint density at radius 1 is 1.10 bits per heavy atom. The highest BCUT2D eigenvalue weighted by atomic mass is 35.5. The smallest absolute Gasteiger partial charge is 0.250 e. The third-order valence-electron chi connectivity index (χ3n) is 6.23. The highest BCUT2D eigenvalue weighted by molar-refractivity contribution is 7.93. The molecule has 0 unspecified atom stereocenters. The summed E-state index contributed by atoms with van der Waals surface area (Å²) in [6, 6.07) is 11.1. The van der Waals surface area contributed by atoms with Gasteiger partial charge in [0.05, 0.1) is 11.4 Å². The van der Waals surface area contributed by atoms with Crippen LogP contribution >= 0.6 is 11.6 Å². The van der Waals surface area contributed by atoms with Crippen molar-refractivity contribution in [1.82, 2.24) is 4.98 Å². The first-order chi connectivity index (χ1) is 14.4. The highest BCUT2D eigenvalue weighted by Crippen LogP contribution is 2.37. The van der Waals surface area contributed by atoms with Gasteiger partial charge in [0.2, 0.25) is 10.0 Å². The molecule has 2 aromatic rings. The molecule has 31 heavy (non-hydrogen) atoms. The summed E-state index contributed by atoms with van der Waals surface area (Å²) < 4.78 is 34.6. The van der Waals surface area contributed by atoms with Gasteiger partial charge in [-0.2, -0.15) is 0 Å². The van der Waals surface area contributed by atoms with Gasteiger partial charge in [0, 0.05) is 23.8 Å². The Morgan fingerprint density at radius 2 is 1.71 bits per heavy atom. The molecule has 1 aliphatic rings. The average molecular weight is 482 g/mol. The Labute approximate surface area is 192 Å². The second kappa shape index (κ2) is 9.00. The van der Waals surface area contributed by atoms with Crippen molar-refractivity contribution in [3.63, 3.8) is 0 Å². The first-order valence-corrected chi connectivity index (χ1v) is 15.4. The van der Waals surface area contributed by atoms with E-state index in [1.54, 1.807) is 18.3 Å². The summed E-state index contributed by atoms with van der Waals surface area (Å²) in [4.78, 5) is 6.47. The van der Waals surface area contributed by atoms with E-state index in [2.05, 4.69) is 48.5 Å². The zero-order valence-electron chi connectivity index (χ0n) is 18.9. The molecule has 0 amide bonds. The molecule has 0 atom stereocenters. The van der Waals surface area contributed by atoms with Crippen LogP contribution in [0, 0.1) is 0 Å². The van der Waals surface area contributed by atoms with Crippen LogP contribution in [0.1, 0.15) is 33.6 Å². The molecule has 9 heteroatoms. The maximum Gasteiger partial charge on any atom is 0.250 e. The largest absolute Gasteiger partial charge is 0.542 e. The molecule has 1 N–H and O–H groups in total. The molecule has 170 valence electrons. The summed E-state index contributed by atoms with van der Waals surface area (Å²) in [6.07, 6.45) is 2.72. The summed E-state index contributed by atoms with van der Waals surface area (Å²) in [6.45, 7) is 12.2. The normalized spacial score (nSPS) is 16.3. The molecule has 0 bridgehead atoms. The molecule has 0 saturated carbocycles. The summed E-state index contributed by atoms with van der Waals surface area (Å²) in [7, 11) is -5.48. The number of benzene rings is 1. The van der Waals surface area contributed by atoms with Crippen LogP contribution in [0.3, 0.4) is 0 Å². The molecule has 1 fully saturated rings. The van der Waals surface area contributed by atoms with Crippen molar-refractivity contribution in [2.75, 3.05) is 22.7 Å². The lowest BCUT2D eigenvalue weighted by Gasteiger charge is -2.36. The number of hydrogen-bond donors (Lipinski definition) is 1. The van der Waals surface area contributed by atoms with E-state index in [0.717, 1.165) is 5.69 Å². The Balaban J connectivity index is 1.59. The number of halogens is 1. The van der Waals surface area contributed by atoms with Crippen LogP contribution in [0.25, 0.3) is 0 Å². The van der Waals surface area contributed by atoms with E-state index in [1.165, 1.54) is 0 Å². The monoisotopic (exact) mass is 481 g/mol. The first-order valence-electron chi connectivity index (χ1n) is 10.5. The molecule has 1 aromatic carbocycles. The number of piperidine rings is 1. The van der Waals surface area contributed by atoms with Crippen molar-refractivity contribution in [3.8, 4) is 5.75 Å². The minimum atomic E-state index is -3.51. The standard InChI is InChI=1S/C22H32ClN3O3SSi/c1-22(2,3)31(4,5)29-19-10-11-21(24-16-19)25-30(27,28)20-12-14-26(15-13-20)18-8-6-17(23)7-9-18/h6-11,16,20H,12-15H2,1-5H3,(H,24,25). The molecule has 2 heterocycles. The number of nitrogens with one attached hydrogen (secondary N) is 1. The van der Waals surface area contributed by atoms with E-state index in [0.29, 0.717) is 42.5 Å². The number of sulfonamides is 1. The van der Waals surface area contributed by atoms with Gasteiger partial charge in [0.15, 0.2) is 0 Å². The van der Waals surface area contributed by atoms with Gasteiger partial charge in [0.25, 0.3) is 8.32 Å². The van der Waals surface area contributed by atoms with Gasteiger partial charge in [-0.1, -0.05) is 32.4 Å². The molecular weight excluding hydrogens is 450 g/mol. The second-order valence-corrected chi connectivity index (χ2v) is 16.7. The van der Waals surface area contributed by atoms with Crippen LogP contribution in [0.2, 0.25) is 23.2 Å². The Bertz CT molecular complexity index is 982. The van der Waals surface area contributed by atoms with Crippen molar-refractivity contribution in [3.05, 3.63) is 47.6 Å². The van der Waals surface area contributed by atoms with Crippen molar-refractivity contribution >= 4 is 41.4 Å². The predicted molar refractivity (Wildman–Crippen MR) is 131 cm³/mol. The summed E-state index contributed by atoms with van der Waals surface area (Å²) in [5.41, 5.74) is 1.06. The van der Waals surface area contributed by atoms with Crippen LogP contribution in [-0.2, 0) is 10.0 Å². The number of pyridine rings is 1. The quantitative estimate of drug-likeness (QED) is 0.549. The second-order valence-electron chi connectivity index (χ2n) is 9.55. The Hall–Kier alpha value is -1.77.